The van der Waals surface area contributed by atoms with Crippen molar-refractivity contribution in [1.29, 1.82) is 0 Å². The summed E-state index contributed by atoms with van der Waals surface area (Å²) in [6, 6.07) is 5.83. The molecule has 0 saturated heterocycles. The average Bonchev–Trinajstić information content (AvgIpc) is 2.38. The predicted molar refractivity (Wildman–Crippen MR) is 66.5 cm³/mol. The van der Waals surface area contributed by atoms with Crippen LogP contribution in [-0.4, -0.2) is 42.4 Å². The van der Waals surface area contributed by atoms with Gasteiger partial charge in [-0.2, -0.15) is 0 Å². The summed E-state index contributed by atoms with van der Waals surface area (Å²) in [6.45, 7) is -0.149. The molecule has 1 rings (SSSR count). The average molecular weight is 266 g/mol. The number of non-ortho nitro benzene ring substituents is 1. The van der Waals surface area contributed by atoms with E-state index in [1.54, 1.807) is 6.07 Å². The number of likely N-dealkylation sites (N-methyl/N-ethyl adjacent to an activating group) is 1. The van der Waals surface area contributed by atoms with E-state index in [4.69, 9.17) is 0 Å². The zero-order valence-corrected chi connectivity index (χ0v) is 10.7. The standard InChI is InChI=1S/C12H14N2O5/c1-13(8-12(16)19-2)11(15)7-9-4-3-5-10(6-9)14(17)18/h3-6H,7-8H2,1-2H3. The maximum atomic E-state index is 11.8. The molecule has 0 N–H and O–H groups in total. The molecule has 7 nitrogen and oxygen atoms in total. The van der Waals surface area contributed by atoms with Gasteiger partial charge in [-0.05, 0) is 5.56 Å². The third-order valence-electron chi connectivity index (χ3n) is 2.50. The maximum absolute atomic E-state index is 11.8. The summed E-state index contributed by atoms with van der Waals surface area (Å²) in [5.41, 5.74) is 0.455. The van der Waals surface area contributed by atoms with E-state index in [-0.39, 0.29) is 24.6 Å². The van der Waals surface area contributed by atoms with Crippen molar-refractivity contribution >= 4 is 17.6 Å². The van der Waals surface area contributed by atoms with Crippen LogP contribution in [0.4, 0.5) is 5.69 Å². The van der Waals surface area contributed by atoms with Crippen LogP contribution < -0.4 is 0 Å². The Morgan fingerprint density at radius 1 is 1.42 bits per heavy atom. The molecular weight excluding hydrogens is 252 g/mol. The minimum Gasteiger partial charge on any atom is -0.468 e. The molecule has 1 amide bonds. The lowest BCUT2D eigenvalue weighted by atomic mass is 10.1. The highest BCUT2D eigenvalue weighted by atomic mass is 16.6. The fraction of sp³-hybridized carbons (Fsp3) is 0.333. The van der Waals surface area contributed by atoms with Crippen LogP contribution in [0.1, 0.15) is 5.56 Å². The minimum atomic E-state index is -0.522. The van der Waals surface area contributed by atoms with Crippen LogP contribution in [-0.2, 0) is 20.7 Å². The van der Waals surface area contributed by atoms with E-state index in [0.29, 0.717) is 5.56 Å². The fourth-order valence-electron chi connectivity index (χ4n) is 1.44. The molecule has 7 heteroatoms. The number of methoxy groups -OCH3 is 1. The number of hydrogen-bond acceptors (Lipinski definition) is 5. The third kappa shape index (κ3) is 4.38. The molecule has 0 atom stereocenters. The lowest BCUT2D eigenvalue weighted by Gasteiger charge is -2.15. The topological polar surface area (TPSA) is 89.8 Å². The van der Waals surface area contributed by atoms with Gasteiger partial charge in [-0.3, -0.25) is 19.7 Å². The monoisotopic (exact) mass is 266 g/mol. The first kappa shape index (κ1) is 14.6. The smallest absolute Gasteiger partial charge is 0.325 e. The lowest BCUT2D eigenvalue weighted by Crippen LogP contribution is -2.33. The Hall–Kier alpha value is -2.44. The molecule has 1 aromatic carbocycles. The molecule has 0 bridgehead atoms. The Morgan fingerprint density at radius 3 is 2.68 bits per heavy atom. The van der Waals surface area contributed by atoms with E-state index in [2.05, 4.69) is 4.74 Å². The van der Waals surface area contributed by atoms with Crippen LogP contribution in [0.3, 0.4) is 0 Å². The van der Waals surface area contributed by atoms with E-state index < -0.39 is 10.9 Å². The number of benzene rings is 1. The number of carbonyl (C=O) groups excluding carboxylic acids is 2. The highest BCUT2D eigenvalue weighted by Gasteiger charge is 2.15. The van der Waals surface area contributed by atoms with Gasteiger partial charge in [0.15, 0.2) is 0 Å². The SMILES string of the molecule is COC(=O)CN(C)C(=O)Cc1cccc([N+](=O)[O-])c1. The van der Waals surface area contributed by atoms with Crippen molar-refractivity contribution in [2.75, 3.05) is 20.7 Å². The first-order chi connectivity index (χ1) is 8.93. The Kier molecular flexibility index (Phi) is 4.99. The molecule has 0 radical (unpaired) electrons. The minimum absolute atomic E-state index is 0.00479. The normalized spacial score (nSPS) is 9.79. The molecule has 0 aliphatic heterocycles. The van der Waals surface area contributed by atoms with Gasteiger partial charge in [-0.1, -0.05) is 12.1 Å². The van der Waals surface area contributed by atoms with E-state index in [1.807, 2.05) is 0 Å². The van der Waals surface area contributed by atoms with Crippen LogP contribution in [0.5, 0.6) is 0 Å². The van der Waals surface area contributed by atoms with E-state index in [9.17, 15) is 19.7 Å². The van der Waals surface area contributed by atoms with Crippen LogP contribution >= 0.6 is 0 Å². The number of nitro groups is 1. The summed E-state index contributed by atoms with van der Waals surface area (Å²) in [5.74, 6) is -0.833. The Balaban J connectivity index is 2.68. The van der Waals surface area contributed by atoms with Crippen LogP contribution in [0.25, 0.3) is 0 Å². The molecule has 0 aromatic heterocycles. The highest BCUT2D eigenvalue weighted by molar-refractivity contribution is 5.83. The van der Waals surface area contributed by atoms with Crippen molar-refractivity contribution in [2.45, 2.75) is 6.42 Å². The molecule has 0 saturated carbocycles. The lowest BCUT2D eigenvalue weighted by molar-refractivity contribution is -0.384. The summed E-state index contributed by atoms with van der Waals surface area (Å²) in [7, 11) is 2.71. The Bertz CT molecular complexity index is 501. The van der Waals surface area contributed by atoms with Crippen molar-refractivity contribution in [3.63, 3.8) is 0 Å². The van der Waals surface area contributed by atoms with E-state index >= 15 is 0 Å². The van der Waals surface area contributed by atoms with E-state index in [0.717, 1.165) is 0 Å². The largest absolute Gasteiger partial charge is 0.468 e. The van der Waals surface area contributed by atoms with Crippen molar-refractivity contribution < 1.29 is 19.2 Å². The number of rotatable bonds is 5. The molecule has 1 aromatic rings. The van der Waals surface area contributed by atoms with Crippen molar-refractivity contribution in [1.82, 2.24) is 4.90 Å². The van der Waals surface area contributed by atoms with Crippen LogP contribution in [0.2, 0.25) is 0 Å². The second-order valence-corrected chi connectivity index (χ2v) is 3.93. The zero-order valence-electron chi connectivity index (χ0n) is 10.7. The van der Waals surface area contributed by atoms with Gasteiger partial charge in [0.1, 0.15) is 6.54 Å². The number of nitro benzene ring substituents is 1. The summed E-state index contributed by atoms with van der Waals surface area (Å²) in [4.78, 5) is 34.1. The number of amides is 1. The second kappa shape index (κ2) is 6.48. The van der Waals surface area contributed by atoms with E-state index in [1.165, 1.54) is 37.3 Å². The Labute approximate surface area is 109 Å². The summed E-state index contributed by atoms with van der Waals surface area (Å²) in [5, 5.41) is 10.6. The third-order valence-corrected chi connectivity index (χ3v) is 2.50. The molecular formula is C12H14N2O5. The van der Waals surface area contributed by atoms with Crippen LogP contribution in [0, 0.1) is 10.1 Å². The number of carbonyl (C=O) groups is 2. The molecule has 0 heterocycles. The predicted octanol–water partition coefficient (Wildman–Crippen LogP) is 0.769. The second-order valence-electron chi connectivity index (χ2n) is 3.93. The van der Waals surface area contributed by atoms with Gasteiger partial charge in [-0.15, -0.1) is 0 Å². The van der Waals surface area contributed by atoms with Crippen LogP contribution in [0.15, 0.2) is 24.3 Å². The molecule has 0 fully saturated rings. The molecule has 102 valence electrons. The molecule has 0 unspecified atom stereocenters. The van der Waals surface area contributed by atoms with Gasteiger partial charge in [0.05, 0.1) is 18.5 Å². The van der Waals surface area contributed by atoms with Gasteiger partial charge in [0.2, 0.25) is 5.91 Å². The number of esters is 1. The van der Waals surface area contributed by atoms with Crippen molar-refractivity contribution in [2.24, 2.45) is 0 Å². The van der Waals surface area contributed by atoms with Gasteiger partial charge in [-0.25, -0.2) is 0 Å². The number of ether oxygens (including phenoxy) is 1. The molecule has 0 aliphatic carbocycles. The zero-order chi connectivity index (χ0) is 14.4. The first-order valence-electron chi connectivity index (χ1n) is 5.48. The van der Waals surface area contributed by atoms with Gasteiger partial charge in [0, 0.05) is 19.2 Å². The first-order valence-corrected chi connectivity index (χ1v) is 5.48. The quantitative estimate of drug-likeness (QED) is 0.446. The molecule has 19 heavy (non-hydrogen) atoms. The highest BCUT2D eigenvalue weighted by Crippen LogP contribution is 2.13. The number of nitrogens with zero attached hydrogens (tertiary/aromatic N) is 2. The van der Waals surface area contributed by atoms with Gasteiger partial charge < -0.3 is 9.64 Å². The maximum Gasteiger partial charge on any atom is 0.325 e. The van der Waals surface area contributed by atoms with Gasteiger partial charge >= 0.3 is 5.97 Å². The fourth-order valence-corrected chi connectivity index (χ4v) is 1.44. The molecule has 0 aliphatic rings. The molecule has 0 spiro atoms. The summed E-state index contributed by atoms with van der Waals surface area (Å²) >= 11 is 0. The number of hydrogen-bond donors (Lipinski definition) is 0. The van der Waals surface area contributed by atoms with Crippen molar-refractivity contribution in [3.8, 4) is 0 Å². The van der Waals surface area contributed by atoms with Crippen molar-refractivity contribution in [3.05, 3.63) is 39.9 Å². The summed E-state index contributed by atoms with van der Waals surface area (Å²) < 4.78 is 4.45. The summed E-state index contributed by atoms with van der Waals surface area (Å²) in [6.07, 6.45) is -0.00479. The van der Waals surface area contributed by atoms with Gasteiger partial charge in [0.25, 0.3) is 5.69 Å². The Morgan fingerprint density at radius 2 is 2.11 bits per heavy atom.